The number of benzene rings is 1. The zero-order valence-electron chi connectivity index (χ0n) is 9.41. The molecule has 82 valence electrons. The van der Waals surface area contributed by atoms with Crippen LogP contribution in [0.5, 0.6) is 0 Å². The van der Waals surface area contributed by atoms with Crippen molar-refractivity contribution < 1.29 is 15.6 Å². The van der Waals surface area contributed by atoms with Crippen LogP contribution in [-0.4, -0.2) is 12.0 Å². The minimum atomic E-state index is -1.09. The molecule has 0 aliphatic carbocycles. The first kappa shape index (κ1) is 11.7. The standard InChI is InChI=1S/C12H17NO2/c1-7-5-4-6-8(2)10(7)9(3)11(13)12(14)15/h4-6,9,11H,13H2,1-3H3,(H,14,15)/t9-,11-/m0/s1. The van der Waals surface area contributed by atoms with Gasteiger partial charge in [0, 0.05) is 5.92 Å². The van der Waals surface area contributed by atoms with Crippen LogP contribution in [0.15, 0.2) is 18.2 Å². The van der Waals surface area contributed by atoms with E-state index < -0.39 is 12.0 Å². The normalized spacial score (nSPS) is 14.7. The molecule has 3 N–H and O–H groups in total. The van der Waals surface area contributed by atoms with E-state index in [9.17, 15) is 9.90 Å². The maximum absolute atomic E-state index is 10.8. The average Bonchev–Trinajstić information content (AvgIpc) is 2.15. The Hall–Kier alpha value is -1.35. The molecule has 0 radical (unpaired) electrons. The number of carbonyl (C=O) groups excluding carboxylic acids is 1. The summed E-state index contributed by atoms with van der Waals surface area (Å²) in [6.45, 7) is 5.85. The van der Waals surface area contributed by atoms with E-state index in [4.69, 9.17) is 0 Å². The predicted octanol–water partition coefficient (Wildman–Crippen LogP) is -0.233. The Balaban J connectivity index is 3.10. The van der Waals surface area contributed by atoms with Crippen LogP contribution in [0.3, 0.4) is 0 Å². The zero-order chi connectivity index (χ0) is 11.6. The molecule has 0 aliphatic heterocycles. The fourth-order valence-electron chi connectivity index (χ4n) is 1.95. The molecule has 0 saturated carbocycles. The van der Waals surface area contributed by atoms with Crippen LogP contribution in [-0.2, 0) is 4.79 Å². The van der Waals surface area contributed by atoms with Gasteiger partial charge in [0.2, 0.25) is 0 Å². The van der Waals surface area contributed by atoms with Gasteiger partial charge in [-0.25, -0.2) is 0 Å². The molecule has 0 unspecified atom stereocenters. The summed E-state index contributed by atoms with van der Waals surface area (Å²) in [7, 11) is 0. The predicted molar refractivity (Wildman–Crippen MR) is 56.0 cm³/mol. The Labute approximate surface area is 89.9 Å². The van der Waals surface area contributed by atoms with Crippen LogP contribution >= 0.6 is 0 Å². The maximum atomic E-state index is 10.8. The Bertz CT molecular complexity index is 354. The molecule has 0 heterocycles. The van der Waals surface area contributed by atoms with Crippen molar-refractivity contribution in [2.24, 2.45) is 0 Å². The van der Waals surface area contributed by atoms with Gasteiger partial charge in [0.15, 0.2) is 0 Å². The van der Waals surface area contributed by atoms with Crippen molar-refractivity contribution in [3.05, 3.63) is 34.9 Å². The second kappa shape index (κ2) is 4.45. The molecule has 2 atom stereocenters. The van der Waals surface area contributed by atoms with Gasteiger partial charge >= 0.3 is 0 Å². The van der Waals surface area contributed by atoms with Gasteiger partial charge in [-0.2, -0.15) is 0 Å². The van der Waals surface area contributed by atoms with E-state index in [1.165, 1.54) is 0 Å². The van der Waals surface area contributed by atoms with Crippen LogP contribution in [0.25, 0.3) is 0 Å². The minimum Gasteiger partial charge on any atom is -0.544 e. The van der Waals surface area contributed by atoms with E-state index in [-0.39, 0.29) is 5.92 Å². The van der Waals surface area contributed by atoms with Crippen molar-refractivity contribution in [2.75, 3.05) is 0 Å². The van der Waals surface area contributed by atoms with Crippen LogP contribution in [0.4, 0.5) is 0 Å². The molecule has 3 nitrogen and oxygen atoms in total. The lowest BCUT2D eigenvalue weighted by Crippen LogP contribution is -2.70. The summed E-state index contributed by atoms with van der Waals surface area (Å²) < 4.78 is 0. The smallest absolute Gasteiger partial charge is 0.131 e. The SMILES string of the molecule is Cc1cccc(C)c1[C@H](C)[C@H]([NH3+])C(=O)[O-]. The molecule has 15 heavy (non-hydrogen) atoms. The Kier molecular flexibility index (Phi) is 3.48. The number of carboxylic acid groups (broad SMARTS) is 1. The van der Waals surface area contributed by atoms with Crippen LogP contribution < -0.4 is 10.8 Å². The van der Waals surface area contributed by atoms with Crippen LogP contribution in [0.1, 0.15) is 29.5 Å². The third-order valence-corrected chi connectivity index (χ3v) is 2.90. The number of hydrogen-bond acceptors (Lipinski definition) is 2. The minimum absolute atomic E-state index is 0.115. The van der Waals surface area contributed by atoms with Crippen molar-refractivity contribution in [1.82, 2.24) is 0 Å². The molecular formula is C12H17NO2. The first-order chi connectivity index (χ1) is 6.95. The van der Waals surface area contributed by atoms with Gasteiger partial charge in [0.05, 0.1) is 5.97 Å². The molecule has 0 aliphatic rings. The summed E-state index contributed by atoms with van der Waals surface area (Å²) in [5, 5.41) is 10.8. The number of aryl methyl sites for hydroxylation is 2. The van der Waals surface area contributed by atoms with Gasteiger partial charge < -0.3 is 15.6 Å². The number of carboxylic acids is 1. The first-order valence-corrected chi connectivity index (χ1v) is 5.05. The highest BCUT2D eigenvalue weighted by Crippen LogP contribution is 2.24. The molecule has 0 fully saturated rings. The van der Waals surface area contributed by atoms with Crippen molar-refractivity contribution >= 4 is 5.97 Å². The summed E-state index contributed by atoms with van der Waals surface area (Å²) in [5.74, 6) is -1.21. The topological polar surface area (TPSA) is 67.8 Å². The molecule has 1 aromatic carbocycles. The highest BCUT2D eigenvalue weighted by molar-refractivity contribution is 5.71. The molecule has 3 heteroatoms. The van der Waals surface area contributed by atoms with Gasteiger partial charge in [0.25, 0.3) is 0 Å². The zero-order valence-corrected chi connectivity index (χ0v) is 9.41. The van der Waals surface area contributed by atoms with Crippen molar-refractivity contribution in [3.8, 4) is 0 Å². The number of quaternary nitrogens is 1. The average molecular weight is 207 g/mol. The monoisotopic (exact) mass is 207 g/mol. The summed E-state index contributed by atoms with van der Waals surface area (Å²) in [4.78, 5) is 10.8. The molecule has 0 spiro atoms. The van der Waals surface area contributed by atoms with E-state index in [2.05, 4.69) is 5.73 Å². The maximum Gasteiger partial charge on any atom is 0.131 e. The first-order valence-electron chi connectivity index (χ1n) is 5.05. The second-order valence-corrected chi connectivity index (χ2v) is 4.02. The van der Waals surface area contributed by atoms with Gasteiger partial charge in [-0.1, -0.05) is 25.1 Å². The summed E-state index contributed by atoms with van der Waals surface area (Å²) in [6.07, 6.45) is 0. The van der Waals surface area contributed by atoms with E-state index in [1.54, 1.807) is 0 Å². The second-order valence-electron chi connectivity index (χ2n) is 4.02. The Morgan fingerprint density at radius 1 is 1.33 bits per heavy atom. The largest absolute Gasteiger partial charge is 0.544 e. The van der Waals surface area contributed by atoms with Crippen molar-refractivity contribution in [2.45, 2.75) is 32.7 Å². The quantitative estimate of drug-likeness (QED) is 0.743. The lowest BCUT2D eigenvalue weighted by molar-refractivity contribution is -0.441. The lowest BCUT2D eigenvalue weighted by atomic mass is 9.87. The molecule has 1 aromatic rings. The third kappa shape index (κ3) is 2.36. The van der Waals surface area contributed by atoms with Crippen LogP contribution in [0.2, 0.25) is 0 Å². The van der Waals surface area contributed by atoms with Gasteiger partial charge in [-0.15, -0.1) is 0 Å². The third-order valence-electron chi connectivity index (χ3n) is 2.90. The van der Waals surface area contributed by atoms with Crippen molar-refractivity contribution in [1.29, 1.82) is 0 Å². The molecule has 0 aromatic heterocycles. The van der Waals surface area contributed by atoms with Crippen molar-refractivity contribution in [3.63, 3.8) is 0 Å². The van der Waals surface area contributed by atoms with E-state index in [0.29, 0.717) is 0 Å². The van der Waals surface area contributed by atoms with E-state index in [0.717, 1.165) is 16.7 Å². The Morgan fingerprint density at radius 3 is 2.20 bits per heavy atom. The van der Waals surface area contributed by atoms with Gasteiger partial charge in [0.1, 0.15) is 6.04 Å². The van der Waals surface area contributed by atoms with E-state index in [1.807, 2.05) is 39.0 Å². The highest BCUT2D eigenvalue weighted by atomic mass is 16.4. The molecule has 0 amide bonds. The molecule has 1 rings (SSSR count). The number of hydrogen-bond donors (Lipinski definition) is 1. The summed E-state index contributed by atoms with van der Waals surface area (Å²) >= 11 is 0. The fraction of sp³-hybridized carbons (Fsp3) is 0.417. The lowest BCUT2D eigenvalue weighted by Gasteiger charge is -2.21. The Morgan fingerprint density at radius 2 is 1.80 bits per heavy atom. The number of aliphatic carboxylic acids is 1. The summed E-state index contributed by atoms with van der Waals surface area (Å²) in [5.41, 5.74) is 6.92. The fourth-order valence-corrected chi connectivity index (χ4v) is 1.95. The molecule has 0 bridgehead atoms. The van der Waals surface area contributed by atoms with E-state index >= 15 is 0 Å². The summed E-state index contributed by atoms with van der Waals surface area (Å²) in [6, 6.07) is 5.24. The molecular weight excluding hydrogens is 190 g/mol. The number of rotatable bonds is 3. The van der Waals surface area contributed by atoms with Gasteiger partial charge in [-0.05, 0) is 30.5 Å². The van der Waals surface area contributed by atoms with Gasteiger partial charge in [-0.3, -0.25) is 0 Å². The highest BCUT2D eigenvalue weighted by Gasteiger charge is 2.22. The van der Waals surface area contributed by atoms with Crippen LogP contribution in [0, 0.1) is 13.8 Å². The number of carbonyl (C=O) groups is 1. The molecule has 0 saturated heterocycles.